The number of rotatable bonds is 7. The van der Waals surface area contributed by atoms with E-state index < -0.39 is 0 Å². The van der Waals surface area contributed by atoms with Crippen LogP contribution < -0.4 is 10.6 Å². The van der Waals surface area contributed by atoms with Crippen LogP contribution in [0.1, 0.15) is 36.7 Å². The predicted octanol–water partition coefficient (Wildman–Crippen LogP) is 2.50. The van der Waals surface area contributed by atoms with Crippen LogP contribution in [0.25, 0.3) is 0 Å². The lowest BCUT2D eigenvalue weighted by atomic mass is 10.1. The normalized spacial score (nSPS) is 12.3. The lowest BCUT2D eigenvalue weighted by molar-refractivity contribution is 0.0931. The average molecular weight is 277 g/mol. The number of aryl methyl sites for hydroxylation is 1. The van der Waals surface area contributed by atoms with Crippen LogP contribution in [0.15, 0.2) is 18.2 Å². The SMILES string of the molecule is CCN(CC)CC(C)NC(=O)c1cc(C)ccc1NC. The first-order chi connectivity index (χ1) is 9.51. The summed E-state index contributed by atoms with van der Waals surface area (Å²) >= 11 is 0. The van der Waals surface area contributed by atoms with Crippen molar-refractivity contribution in [2.75, 3.05) is 32.0 Å². The molecular weight excluding hydrogens is 250 g/mol. The van der Waals surface area contributed by atoms with Crippen molar-refractivity contribution < 1.29 is 4.79 Å². The van der Waals surface area contributed by atoms with Crippen LogP contribution in [-0.2, 0) is 0 Å². The fourth-order valence-corrected chi connectivity index (χ4v) is 2.28. The summed E-state index contributed by atoms with van der Waals surface area (Å²) in [7, 11) is 1.83. The molecule has 4 heteroatoms. The van der Waals surface area contributed by atoms with E-state index in [4.69, 9.17) is 0 Å². The van der Waals surface area contributed by atoms with E-state index in [9.17, 15) is 4.79 Å². The van der Waals surface area contributed by atoms with Gasteiger partial charge in [-0.05, 0) is 39.1 Å². The highest BCUT2D eigenvalue weighted by molar-refractivity contribution is 5.99. The summed E-state index contributed by atoms with van der Waals surface area (Å²) in [4.78, 5) is 14.7. The third-order valence-electron chi connectivity index (χ3n) is 3.49. The van der Waals surface area contributed by atoms with Gasteiger partial charge in [-0.2, -0.15) is 0 Å². The largest absolute Gasteiger partial charge is 0.387 e. The molecule has 0 aromatic heterocycles. The summed E-state index contributed by atoms with van der Waals surface area (Å²) in [5.41, 5.74) is 2.66. The van der Waals surface area contributed by atoms with E-state index in [1.54, 1.807) is 0 Å². The molecule has 0 aliphatic rings. The molecule has 1 unspecified atom stereocenters. The van der Waals surface area contributed by atoms with Crippen molar-refractivity contribution in [1.82, 2.24) is 10.2 Å². The molecule has 0 radical (unpaired) electrons. The lowest BCUT2D eigenvalue weighted by Crippen LogP contribution is -2.42. The molecule has 20 heavy (non-hydrogen) atoms. The number of hydrogen-bond donors (Lipinski definition) is 2. The number of nitrogens with zero attached hydrogens (tertiary/aromatic N) is 1. The van der Waals surface area contributed by atoms with Crippen LogP contribution in [0, 0.1) is 6.92 Å². The Kier molecular flexibility index (Phi) is 6.52. The maximum Gasteiger partial charge on any atom is 0.253 e. The molecule has 0 saturated carbocycles. The minimum absolute atomic E-state index is 0.0160. The fraction of sp³-hybridized carbons (Fsp3) is 0.562. The molecule has 1 aromatic rings. The molecule has 1 atom stereocenters. The molecule has 1 rings (SSSR count). The average Bonchev–Trinajstić information content (AvgIpc) is 2.44. The predicted molar refractivity (Wildman–Crippen MR) is 85.4 cm³/mol. The topological polar surface area (TPSA) is 44.4 Å². The molecule has 0 aliphatic carbocycles. The first kappa shape index (κ1) is 16.5. The zero-order valence-electron chi connectivity index (χ0n) is 13.3. The molecule has 0 saturated heterocycles. The van der Waals surface area contributed by atoms with Crippen molar-refractivity contribution in [2.45, 2.75) is 33.7 Å². The van der Waals surface area contributed by atoms with Gasteiger partial charge in [0.05, 0.1) is 5.56 Å². The zero-order chi connectivity index (χ0) is 15.1. The Bertz CT molecular complexity index is 441. The molecule has 1 aromatic carbocycles. The second kappa shape index (κ2) is 7.90. The molecule has 112 valence electrons. The number of hydrogen-bond acceptors (Lipinski definition) is 3. The molecule has 0 aliphatic heterocycles. The van der Waals surface area contributed by atoms with Gasteiger partial charge in [0, 0.05) is 25.3 Å². The number of anilines is 1. The Morgan fingerprint density at radius 3 is 2.50 bits per heavy atom. The molecule has 0 heterocycles. The first-order valence-electron chi connectivity index (χ1n) is 7.33. The molecule has 0 bridgehead atoms. The molecule has 0 spiro atoms. The van der Waals surface area contributed by atoms with Gasteiger partial charge in [0.2, 0.25) is 0 Å². The second-order valence-electron chi connectivity index (χ2n) is 5.16. The standard InChI is InChI=1S/C16H27N3O/c1-6-19(7-2)11-13(4)18-16(20)14-10-12(3)8-9-15(14)17-5/h8-10,13,17H,6-7,11H2,1-5H3,(H,18,20). The Morgan fingerprint density at radius 1 is 1.30 bits per heavy atom. The second-order valence-corrected chi connectivity index (χ2v) is 5.16. The third-order valence-corrected chi connectivity index (χ3v) is 3.49. The van der Waals surface area contributed by atoms with Crippen LogP contribution in [0.3, 0.4) is 0 Å². The fourth-order valence-electron chi connectivity index (χ4n) is 2.28. The molecular formula is C16H27N3O. The quantitative estimate of drug-likeness (QED) is 0.805. The summed E-state index contributed by atoms with van der Waals surface area (Å²) in [6, 6.07) is 6.00. The Morgan fingerprint density at radius 2 is 1.95 bits per heavy atom. The van der Waals surface area contributed by atoms with Crippen molar-refractivity contribution in [3.63, 3.8) is 0 Å². The highest BCUT2D eigenvalue weighted by atomic mass is 16.1. The minimum Gasteiger partial charge on any atom is -0.387 e. The third kappa shape index (κ3) is 4.53. The smallest absolute Gasteiger partial charge is 0.253 e. The molecule has 1 amide bonds. The van der Waals surface area contributed by atoms with E-state index in [2.05, 4.69) is 29.4 Å². The summed E-state index contributed by atoms with van der Waals surface area (Å²) in [6.45, 7) is 11.2. The number of nitrogens with one attached hydrogen (secondary N) is 2. The van der Waals surface area contributed by atoms with E-state index >= 15 is 0 Å². The van der Waals surface area contributed by atoms with Crippen molar-refractivity contribution in [3.8, 4) is 0 Å². The zero-order valence-corrected chi connectivity index (χ0v) is 13.3. The van der Waals surface area contributed by atoms with E-state index in [0.717, 1.165) is 30.9 Å². The van der Waals surface area contributed by atoms with Gasteiger partial charge in [-0.1, -0.05) is 25.5 Å². The summed E-state index contributed by atoms with van der Waals surface area (Å²) < 4.78 is 0. The van der Waals surface area contributed by atoms with Gasteiger partial charge in [0.25, 0.3) is 5.91 Å². The van der Waals surface area contributed by atoms with E-state index in [-0.39, 0.29) is 11.9 Å². The van der Waals surface area contributed by atoms with E-state index in [1.165, 1.54) is 0 Å². The van der Waals surface area contributed by atoms with Crippen LogP contribution in [0.2, 0.25) is 0 Å². The van der Waals surface area contributed by atoms with Gasteiger partial charge in [-0.3, -0.25) is 4.79 Å². The number of likely N-dealkylation sites (N-methyl/N-ethyl adjacent to an activating group) is 1. The van der Waals surface area contributed by atoms with Gasteiger partial charge in [-0.15, -0.1) is 0 Å². The van der Waals surface area contributed by atoms with Gasteiger partial charge in [-0.25, -0.2) is 0 Å². The first-order valence-corrected chi connectivity index (χ1v) is 7.33. The summed E-state index contributed by atoms with van der Waals surface area (Å²) in [5.74, 6) is -0.0160. The van der Waals surface area contributed by atoms with E-state index in [1.807, 2.05) is 39.1 Å². The number of carbonyl (C=O) groups is 1. The summed E-state index contributed by atoms with van der Waals surface area (Å²) in [6.07, 6.45) is 0. The van der Waals surface area contributed by atoms with Crippen molar-refractivity contribution in [1.29, 1.82) is 0 Å². The summed E-state index contributed by atoms with van der Waals surface area (Å²) in [5, 5.41) is 6.15. The lowest BCUT2D eigenvalue weighted by Gasteiger charge is -2.23. The Hall–Kier alpha value is -1.55. The number of carbonyl (C=O) groups excluding carboxylic acids is 1. The maximum absolute atomic E-state index is 12.4. The Labute approximate surface area is 122 Å². The number of benzene rings is 1. The van der Waals surface area contributed by atoms with Gasteiger partial charge < -0.3 is 15.5 Å². The van der Waals surface area contributed by atoms with E-state index in [0.29, 0.717) is 5.56 Å². The van der Waals surface area contributed by atoms with Gasteiger partial charge in [0.15, 0.2) is 0 Å². The van der Waals surface area contributed by atoms with Crippen LogP contribution >= 0.6 is 0 Å². The van der Waals surface area contributed by atoms with Crippen molar-refractivity contribution in [3.05, 3.63) is 29.3 Å². The van der Waals surface area contributed by atoms with Crippen LogP contribution in [0.4, 0.5) is 5.69 Å². The maximum atomic E-state index is 12.4. The van der Waals surface area contributed by atoms with Gasteiger partial charge >= 0.3 is 0 Å². The van der Waals surface area contributed by atoms with Crippen molar-refractivity contribution in [2.24, 2.45) is 0 Å². The van der Waals surface area contributed by atoms with Crippen LogP contribution in [-0.4, -0.2) is 43.5 Å². The van der Waals surface area contributed by atoms with Crippen molar-refractivity contribution >= 4 is 11.6 Å². The highest BCUT2D eigenvalue weighted by Crippen LogP contribution is 2.16. The minimum atomic E-state index is -0.0160. The van der Waals surface area contributed by atoms with Gasteiger partial charge in [0.1, 0.15) is 0 Å². The monoisotopic (exact) mass is 277 g/mol. The molecule has 2 N–H and O–H groups in total. The number of amides is 1. The van der Waals surface area contributed by atoms with Crippen LogP contribution in [0.5, 0.6) is 0 Å². The Balaban J connectivity index is 2.73. The molecule has 0 fully saturated rings. The molecule has 4 nitrogen and oxygen atoms in total. The highest BCUT2D eigenvalue weighted by Gasteiger charge is 2.15.